The second-order valence-electron chi connectivity index (χ2n) is 7.90. The first-order chi connectivity index (χ1) is 14.9. The van der Waals surface area contributed by atoms with Crippen molar-refractivity contribution in [2.75, 3.05) is 11.9 Å². The Hall–Kier alpha value is -2.62. The summed E-state index contributed by atoms with van der Waals surface area (Å²) in [5, 5.41) is 27.2. The maximum atomic E-state index is 13.2. The number of hydrogen-bond donors (Lipinski definition) is 3. The molecule has 0 amide bonds. The summed E-state index contributed by atoms with van der Waals surface area (Å²) in [6.45, 7) is 2.40. The van der Waals surface area contributed by atoms with Crippen molar-refractivity contribution in [1.82, 2.24) is 19.7 Å². The summed E-state index contributed by atoms with van der Waals surface area (Å²) in [6.07, 6.45) is 3.39. The van der Waals surface area contributed by atoms with E-state index in [9.17, 15) is 15.0 Å². The Morgan fingerprint density at radius 2 is 2.16 bits per heavy atom. The monoisotopic (exact) mass is 485 g/mol. The maximum Gasteiger partial charge on any atom is 0.218 e. The quantitative estimate of drug-likeness (QED) is 0.440. The molecule has 1 aliphatic carbocycles. The molecule has 2 aromatic heterocycles. The van der Waals surface area contributed by atoms with Gasteiger partial charge in [-0.15, -0.1) is 0 Å². The van der Waals surface area contributed by atoms with Crippen LogP contribution in [0.4, 0.5) is 5.82 Å². The summed E-state index contributed by atoms with van der Waals surface area (Å²) in [5.41, 5.74) is 2.60. The number of benzene rings is 1. The van der Waals surface area contributed by atoms with Gasteiger partial charge in [-0.3, -0.25) is 9.48 Å². The molecule has 3 N–H and O–H groups in total. The summed E-state index contributed by atoms with van der Waals surface area (Å²) >= 11 is 3.47. The highest BCUT2D eigenvalue weighted by atomic mass is 79.9. The van der Waals surface area contributed by atoms with Crippen molar-refractivity contribution >= 4 is 27.5 Å². The van der Waals surface area contributed by atoms with Crippen LogP contribution in [0, 0.1) is 12.8 Å². The van der Waals surface area contributed by atoms with Crippen molar-refractivity contribution < 1.29 is 15.0 Å². The van der Waals surface area contributed by atoms with Gasteiger partial charge in [0.05, 0.1) is 18.2 Å². The first kappa shape index (κ1) is 21.6. The predicted molar refractivity (Wildman–Crippen MR) is 119 cm³/mol. The fraction of sp³-hybridized carbons (Fsp3) is 0.364. The lowest BCUT2D eigenvalue weighted by atomic mass is 10.1. The summed E-state index contributed by atoms with van der Waals surface area (Å²) in [4.78, 5) is 21.5. The van der Waals surface area contributed by atoms with Gasteiger partial charge in [0.1, 0.15) is 17.8 Å². The minimum absolute atomic E-state index is 0.0659. The Labute approximate surface area is 188 Å². The van der Waals surface area contributed by atoms with E-state index in [0.29, 0.717) is 36.5 Å². The SMILES string of the molecule is Cc1cc(C(=O)c2cncnc2N[C@@H]2C[C@@H](CO)[C@@H](O)C2)nn1Cc1cccc(Br)c1. The van der Waals surface area contributed by atoms with Crippen LogP contribution in [-0.2, 0) is 6.54 Å². The number of carbonyl (C=O) groups is 1. The summed E-state index contributed by atoms with van der Waals surface area (Å²) in [5.74, 6) is -0.0266. The third-order valence-corrected chi connectivity index (χ3v) is 6.12. The number of nitrogens with zero attached hydrogens (tertiary/aromatic N) is 4. The van der Waals surface area contributed by atoms with Crippen molar-refractivity contribution in [3.05, 3.63) is 69.8 Å². The molecular formula is C22H24BrN5O3. The first-order valence-corrected chi connectivity index (χ1v) is 10.9. The number of ketones is 1. The fourth-order valence-electron chi connectivity index (χ4n) is 3.95. The Kier molecular flexibility index (Phi) is 6.45. The van der Waals surface area contributed by atoms with Crippen LogP contribution >= 0.6 is 15.9 Å². The van der Waals surface area contributed by atoms with Gasteiger partial charge in [-0.25, -0.2) is 9.97 Å². The molecule has 4 rings (SSSR count). The molecule has 0 spiro atoms. The summed E-state index contributed by atoms with van der Waals surface area (Å²) in [7, 11) is 0. The Morgan fingerprint density at radius 3 is 2.90 bits per heavy atom. The van der Waals surface area contributed by atoms with Gasteiger partial charge in [0.25, 0.3) is 0 Å². The zero-order chi connectivity index (χ0) is 22.0. The Morgan fingerprint density at radius 1 is 1.32 bits per heavy atom. The predicted octanol–water partition coefficient (Wildman–Crippen LogP) is 2.57. The van der Waals surface area contributed by atoms with E-state index in [0.717, 1.165) is 15.7 Å². The van der Waals surface area contributed by atoms with E-state index in [1.807, 2.05) is 31.2 Å². The largest absolute Gasteiger partial charge is 0.396 e. The van der Waals surface area contributed by atoms with E-state index in [1.54, 1.807) is 10.7 Å². The fourth-order valence-corrected chi connectivity index (χ4v) is 4.39. The minimum atomic E-state index is -0.570. The highest BCUT2D eigenvalue weighted by Crippen LogP contribution is 2.29. The number of rotatable bonds is 7. The van der Waals surface area contributed by atoms with E-state index < -0.39 is 6.10 Å². The number of aliphatic hydroxyl groups excluding tert-OH is 2. The van der Waals surface area contributed by atoms with Crippen LogP contribution in [0.3, 0.4) is 0 Å². The van der Waals surface area contributed by atoms with Crippen LogP contribution < -0.4 is 5.32 Å². The highest BCUT2D eigenvalue weighted by Gasteiger charge is 2.33. The van der Waals surface area contributed by atoms with Crippen LogP contribution in [0.5, 0.6) is 0 Å². The molecule has 0 unspecified atom stereocenters. The van der Waals surface area contributed by atoms with Gasteiger partial charge in [0.2, 0.25) is 5.78 Å². The maximum absolute atomic E-state index is 13.2. The van der Waals surface area contributed by atoms with E-state index in [-0.39, 0.29) is 24.3 Å². The lowest BCUT2D eigenvalue weighted by molar-refractivity contribution is 0.0908. The van der Waals surface area contributed by atoms with Gasteiger partial charge >= 0.3 is 0 Å². The van der Waals surface area contributed by atoms with Crippen molar-refractivity contribution in [1.29, 1.82) is 0 Å². The molecule has 0 radical (unpaired) electrons. The van der Waals surface area contributed by atoms with Crippen LogP contribution in [0.25, 0.3) is 0 Å². The third kappa shape index (κ3) is 4.84. The second-order valence-corrected chi connectivity index (χ2v) is 8.81. The van der Waals surface area contributed by atoms with Crippen LogP contribution in [0.2, 0.25) is 0 Å². The molecule has 2 heterocycles. The molecule has 1 aromatic carbocycles. The topological polar surface area (TPSA) is 113 Å². The molecule has 1 fully saturated rings. The molecular weight excluding hydrogens is 462 g/mol. The van der Waals surface area contributed by atoms with Crippen LogP contribution in [0.1, 0.15) is 40.2 Å². The van der Waals surface area contributed by atoms with E-state index in [4.69, 9.17) is 0 Å². The van der Waals surface area contributed by atoms with Gasteiger partial charge in [0.15, 0.2) is 0 Å². The van der Waals surface area contributed by atoms with Crippen molar-refractivity contribution in [2.45, 2.75) is 38.5 Å². The molecule has 1 saturated carbocycles. The lowest BCUT2D eigenvalue weighted by Gasteiger charge is -2.15. The molecule has 1 aliphatic rings. The van der Waals surface area contributed by atoms with Gasteiger partial charge in [-0.2, -0.15) is 5.10 Å². The first-order valence-electron chi connectivity index (χ1n) is 10.1. The zero-order valence-corrected chi connectivity index (χ0v) is 18.7. The average Bonchev–Trinajstić information content (AvgIpc) is 3.29. The molecule has 31 heavy (non-hydrogen) atoms. The Bertz CT molecular complexity index is 1090. The van der Waals surface area contributed by atoms with Gasteiger partial charge < -0.3 is 15.5 Å². The van der Waals surface area contributed by atoms with E-state index >= 15 is 0 Å². The molecule has 162 valence electrons. The van der Waals surface area contributed by atoms with Gasteiger partial charge in [-0.1, -0.05) is 28.1 Å². The number of aryl methyl sites for hydroxylation is 1. The third-order valence-electron chi connectivity index (χ3n) is 5.62. The molecule has 3 aromatic rings. The van der Waals surface area contributed by atoms with E-state index in [1.165, 1.54) is 12.5 Å². The molecule has 0 saturated heterocycles. The standard InChI is InChI=1S/C22H24BrN5O3/c1-13-5-19(27-28(13)10-14-3-2-4-16(23)6-14)21(31)18-9-24-12-25-22(18)26-17-7-15(11-29)20(30)8-17/h2-6,9,12,15,17,20,29-30H,7-8,10-11H2,1H3,(H,24,25,26)/t15-,17+,20-/m0/s1. The smallest absolute Gasteiger partial charge is 0.218 e. The number of anilines is 1. The molecule has 3 atom stereocenters. The number of aliphatic hydroxyl groups is 2. The molecule has 0 bridgehead atoms. The highest BCUT2D eigenvalue weighted by molar-refractivity contribution is 9.10. The normalized spacial score (nSPS) is 20.7. The minimum Gasteiger partial charge on any atom is -0.396 e. The lowest BCUT2D eigenvalue weighted by Crippen LogP contribution is -2.20. The second kappa shape index (κ2) is 9.25. The number of halogens is 1. The van der Waals surface area contributed by atoms with E-state index in [2.05, 4.69) is 36.3 Å². The Balaban J connectivity index is 1.54. The number of aromatic nitrogens is 4. The van der Waals surface area contributed by atoms with Crippen LogP contribution in [0.15, 0.2) is 47.3 Å². The number of carbonyl (C=O) groups excluding carboxylic acids is 1. The summed E-state index contributed by atoms with van der Waals surface area (Å²) in [6, 6.07) is 9.64. The van der Waals surface area contributed by atoms with Gasteiger partial charge in [0, 0.05) is 34.9 Å². The average molecular weight is 486 g/mol. The molecule has 8 nitrogen and oxygen atoms in total. The number of hydrogen-bond acceptors (Lipinski definition) is 7. The zero-order valence-electron chi connectivity index (χ0n) is 17.1. The van der Waals surface area contributed by atoms with Gasteiger partial charge in [-0.05, 0) is 43.5 Å². The number of nitrogens with one attached hydrogen (secondary N) is 1. The van der Waals surface area contributed by atoms with Crippen LogP contribution in [-0.4, -0.2) is 54.5 Å². The summed E-state index contributed by atoms with van der Waals surface area (Å²) < 4.78 is 2.79. The molecule has 9 heteroatoms. The van der Waals surface area contributed by atoms with Crippen molar-refractivity contribution in [3.63, 3.8) is 0 Å². The van der Waals surface area contributed by atoms with Crippen molar-refractivity contribution in [3.8, 4) is 0 Å². The molecule has 0 aliphatic heterocycles. The van der Waals surface area contributed by atoms with Crippen molar-refractivity contribution in [2.24, 2.45) is 5.92 Å².